The Morgan fingerprint density at radius 3 is 1.41 bits per heavy atom. The lowest BCUT2D eigenvalue weighted by Crippen LogP contribution is -2.43. The van der Waals surface area contributed by atoms with Crippen LogP contribution in [-0.4, -0.2) is 94.6 Å². The van der Waals surface area contributed by atoms with Crippen LogP contribution in [-0.2, 0) is 9.53 Å². The molecule has 9 nitrogen and oxygen atoms in total. The molecule has 0 aromatic rings. The summed E-state index contributed by atoms with van der Waals surface area (Å²) in [7, 11) is 0. The Hall–Kier alpha value is -0.810. The van der Waals surface area contributed by atoms with E-state index in [4.69, 9.17) is 40.5 Å². The van der Waals surface area contributed by atoms with Crippen LogP contribution >= 0.6 is 0 Å². The third-order valence-electron chi connectivity index (χ3n) is 4.58. The molecule has 0 spiro atoms. The van der Waals surface area contributed by atoms with E-state index in [1.165, 1.54) is 0 Å². The van der Waals surface area contributed by atoms with E-state index in [1.807, 2.05) is 6.92 Å². The van der Waals surface area contributed by atoms with E-state index in [2.05, 4.69) is 6.92 Å². The molecule has 0 aliphatic rings. The van der Waals surface area contributed by atoms with Crippen molar-refractivity contribution in [3.8, 4) is 0 Å². The maximum absolute atomic E-state index is 10.4. The fourth-order valence-corrected chi connectivity index (χ4v) is 2.01. The van der Waals surface area contributed by atoms with Crippen LogP contribution in [0.1, 0.15) is 39.5 Å². The monoisotopic (exact) mass is 398 g/mol. The number of aliphatic hydroxyl groups is 6. The summed E-state index contributed by atoms with van der Waals surface area (Å²) >= 11 is 0. The molecule has 0 radical (unpaired) electrons. The number of aliphatic carboxylic acids is 1. The number of hydrogen-bond acceptors (Lipinski definition) is 8. The number of rotatable bonds is 15. The van der Waals surface area contributed by atoms with Crippen LogP contribution < -0.4 is 0 Å². The van der Waals surface area contributed by atoms with Gasteiger partial charge in [-0.05, 0) is 12.8 Å². The van der Waals surface area contributed by atoms with Gasteiger partial charge in [0.05, 0.1) is 69.6 Å². The lowest BCUT2D eigenvalue weighted by Gasteiger charge is -2.31. The molecule has 0 aromatic heterocycles. The van der Waals surface area contributed by atoms with Gasteiger partial charge in [0.15, 0.2) is 0 Å². The lowest BCUT2D eigenvalue weighted by molar-refractivity contribution is -0.142. The van der Waals surface area contributed by atoms with E-state index in [1.54, 1.807) is 0 Å². The third kappa shape index (κ3) is 10.9. The zero-order valence-corrected chi connectivity index (χ0v) is 16.5. The van der Waals surface area contributed by atoms with Gasteiger partial charge in [-0.1, -0.05) is 26.7 Å². The predicted molar refractivity (Wildman–Crippen MR) is 99.1 cm³/mol. The molecular formula is C18H38O9. The van der Waals surface area contributed by atoms with Crippen molar-refractivity contribution in [2.75, 3.05) is 52.9 Å². The van der Waals surface area contributed by atoms with Gasteiger partial charge in [0, 0.05) is 0 Å². The zero-order valence-electron chi connectivity index (χ0n) is 16.5. The molecule has 0 fully saturated rings. The Morgan fingerprint density at radius 1 is 0.815 bits per heavy atom. The van der Waals surface area contributed by atoms with Crippen molar-refractivity contribution in [3.63, 3.8) is 0 Å². The molecule has 1 atom stereocenters. The summed E-state index contributed by atoms with van der Waals surface area (Å²) in [5, 5.41) is 62.8. The average molecular weight is 398 g/mol. The molecule has 0 aliphatic carbocycles. The van der Waals surface area contributed by atoms with Crippen molar-refractivity contribution in [2.45, 2.75) is 39.5 Å². The highest BCUT2D eigenvalue weighted by molar-refractivity contribution is 5.69. The van der Waals surface area contributed by atoms with Gasteiger partial charge in [-0.25, -0.2) is 0 Å². The van der Waals surface area contributed by atoms with Crippen molar-refractivity contribution >= 4 is 5.97 Å². The number of ether oxygens (including phenoxy) is 1. The topological polar surface area (TPSA) is 168 Å². The standard InChI is InChI=1S/C10H22O7.C8H16O2/c11-1-9(2-12,3-13)7-17-8-10(4-14,5-15)6-16;1-3-5-6-7(4-2)8(9)10/h11-16H,1-8H2;7H,3-6H2,1-2H3,(H,9,10). The van der Waals surface area contributed by atoms with E-state index < -0.39 is 56.4 Å². The van der Waals surface area contributed by atoms with Crippen LogP contribution in [0.2, 0.25) is 0 Å². The smallest absolute Gasteiger partial charge is 0.306 e. The van der Waals surface area contributed by atoms with Gasteiger partial charge < -0.3 is 40.5 Å². The fourth-order valence-electron chi connectivity index (χ4n) is 2.01. The second-order valence-electron chi connectivity index (χ2n) is 7.03. The van der Waals surface area contributed by atoms with E-state index >= 15 is 0 Å². The molecule has 0 aliphatic heterocycles. The summed E-state index contributed by atoms with van der Waals surface area (Å²) in [6, 6.07) is 0. The number of carboxylic acids is 1. The summed E-state index contributed by atoms with van der Waals surface area (Å²) in [6.07, 6.45) is 3.71. The maximum Gasteiger partial charge on any atom is 0.306 e. The molecule has 0 rings (SSSR count). The highest BCUT2D eigenvalue weighted by Crippen LogP contribution is 2.19. The first-order valence-corrected chi connectivity index (χ1v) is 9.25. The minimum Gasteiger partial charge on any atom is -0.481 e. The molecule has 164 valence electrons. The summed E-state index contributed by atoms with van der Waals surface area (Å²) in [5.74, 6) is -0.754. The third-order valence-corrected chi connectivity index (χ3v) is 4.58. The zero-order chi connectivity index (χ0) is 21.3. The van der Waals surface area contributed by atoms with Crippen LogP contribution in [0, 0.1) is 16.7 Å². The highest BCUT2D eigenvalue weighted by atomic mass is 16.5. The SMILES string of the molecule is CCCCC(CC)C(=O)O.OCC(CO)(CO)COCC(CO)(CO)CO. The molecule has 0 saturated carbocycles. The average Bonchev–Trinajstić information content (AvgIpc) is 2.70. The number of aliphatic hydroxyl groups excluding tert-OH is 6. The largest absolute Gasteiger partial charge is 0.481 e. The Bertz CT molecular complexity index is 318. The highest BCUT2D eigenvalue weighted by Gasteiger charge is 2.32. The van der Waals surface area contributed by atoms with Crippen molar-refractivity contribution in [2.24, 2.45) is 16.7 Å². The normalized spacial score (nSPS) is 13.0. The molecule has 0 heterocycles. The van der Waals surface area contributed by atoms with E-state index in [9.17, 15) is 4.79 Å². The van der Waals surface area contributed by atoms with Crippen LogP contribution in [0.15, 0.2) is 0 Å². The van der Waals surface area contributed by atoms with Gasteiger partial charge in [0.25, 0.3) is 0 Å². The molecule has 9 heteroatoms. The summed E-state index contributed by atoms with van der Waals surface area (Å²) in [5.41, 5.74) is -2.32. The summed E-state index contributed by atoms with van der Waals surface area (Å²) in [6.45, 7) is 0.998. The maximum atomic E-state index is 10.4. The number of unbranched alkanes of at least 4 members (excludes halogenated alkanes) is 1. The molecular weight excluding hydrogens is 360 g/mol. The van der Waals surface area contributed by atoms with Crippen LogP contribution in [0.3, 0.4) is 0 Å². The van der Waals surface area contributed by atoms with Crippen molar-refractivity contribution in [3.05, 3.63) is 0 Å². The minimum absolute atomic E-state index is 0.111. The second-order valence-corrected chi connectivity index (χ2v) is 7.03. The van der Waals surface area contributed by atoms with E-state index in [0.29, 0.717) is 0 Å². The van der Waals surface area contributed by atoms with Gasteiger partial charge in [-0.3, -0.25) is 4.79 Å². The molecule has 0 saturated heterocycles. The molecule has 27 heavy (non-hydrogen) atoms. The van der Waals surface area contributed by atoms with Gasteiger partial charge >= 0.3 is 5.97 Å². The van der Waals surface area contributed by atoms with Gasteiger partial charge in [-0.2, -0.15) is 0 Å². The summed E-state index contributed by atoms with van der Waals surface area (Å²) in [4.78, 5) is 10.4. The minimum atomic E-state index is -1.16. The number of hydrogen-bond donors (Lipinski definition) is 7. The lowest BCUT2D eigenvalue weighted by atomic mass is 9.91. The molecule has 0 amide bonds. The number of carboxylic acid groups (broad SMARTS) is 1. The second kappa shape index (κ2) is 16.2. The first-order valence-electron chi connectivity index (χ1n) is 9.25. The van der Waals surface area contributed by atoms with E-state index in [0.717, 1.165) is 25.7 Å². The van der Waals surface area contributed by atoms with Crippen LogP contribution in [0.5, 0.6) is 0 Å². The Labute approximate surface area is 161 Å². The summed E-state index contributed by atoms with van der Waals surface area (Å²) < 4.78 is 5.15. The molecule has 7 N–H and O–H groups in total. The van der Waals surface area contributed by atoms with Crippen molar-refractivity contribution < 1.29 is 45.3 Å². The Morgan fingerprint density at radius 2 is 1.19 bits per heavy atom. The van der Waals surface area contributed by atoms with Crippen LogP contribution in [0.25, 0.3) is 0 Å². The quantitative estimate of drug-likeness (QED) is 0.187. The van der Waals surface area contributed by atoms with Crippen LogP contribution in [0.4, 0.5) is 0 Å². The number of carbonyl (C=O) groups is 1. The molecule has 0 aromatic carbocycles. The van der Waals surface area contributed by atoms with E-state index in [-0.39, 0.29) is 19.1 Å². The molecule has 1 unspecified atom stereocenters. The van der Waals surface area contributed by atoms with Gasteiger partial charge in [0.1, 0.15) is 0 Å². The fraction of sp³-hybridized carbons (Fsp3) is 0.944. The molecule has 0 bridgehead atoms. The first-order chi connectivity index (χ1) is 12.8. The van der Waals surface area contributed by atoms with Crippen molar-refractivity contribution in [1.29, 1.82) is 0 Å². The first kappa shape index (κ1) is 28.4. The van der Waals surface area contributed by atoms with Crippen molar-refractivity contribution in [1.82, 2.24) is 0 Å². The predicted octanol–water partition coefficient (Wildman–Crippen LogP) is -0.783. The Balaban J connectivity index is 0. The Kier molecular flexibility index (Phi) is 17.0. The van der Waals surface area contributed by atoms with Gasteiger partial charge in [0.2, 0.25) is 0 Å². The van der Waals surface area contributed by atoms with Gasteiger partial charge in [-0.15, -0.1) is 0 Å².